The van der Waals surface area contributed by atoms with Crippen LogP contribution in [0.5, 0.6) is 0 Å². The van der Waals surface area contributed by atoms with E-state index in [9.17, 15) is 4.79 Å². The fraction of sp³-hybridized carbons (Fsp3) is 0.462. The number of carbonyl (C=O) groups excluding carboxylic acids is 1. The number of halogens is 1. The predicted molar refractivity (Wildman–Crippen MR) is 75.1 cm³/mol. The number of hydrogen-bond donors (Lipinski definition) is 1. The Kier molecular flexibility index (Phi) is 3.73. The van der Waals surface area contributed by atoms with Gasteiger partial charge in [0, 0.05) is 15.7 Å². The summed E-state index contributed by atoms with van der Waals surface area (Å²) in [6.45, 7) is 4.75. The van der Waals surface area contributed by atoms with Gasteiger partial charge in [0.1, 0.15) is 0 Å². The number of nitrogens with one attached hydrogen (secondary N) is 1. The fourth-order valence-corrected chi connectivity index (χ4v) is 2.50. The summed E-state index contributed by atoms with van der Waals surface area (Å²) in [5.41, 5.74) is 0.454. The quantitative estimate of drug-likeness (QED) is 0.837. The van der Waals surface area contributed by atoms with Crippen LogP contribution in [0.4, 0.5) is 0 Å². The molecule has 1 aromatic carbocycles. The lowest BCUT2D eigenvalue weighted by Gasteiger charge is -2.28. The molecule has 1 heterocycles. The van der Waals surface area contributed by atoms with Gasteiger partial charge in [-0.15, -0.1) is 0 Å². The van der Waals surface area contributed by atoms with Crippen LogP contribution in [0.15, 0.2) is 24.3 Å². The van der Waals surface area contributed by atoms with Crippen molar-refractivity contribution in [2.45, 2.75) is 31.9 Å². The molecular weight excluding hydrogens is 329 g/mol. The molecule has 1 fully saturated rings. The Balaban J connectivity index is 2.12. The molecule has 0 spiro atoms. The van der Waals surface area contributed by atoms with Gasteiger partial charge in [0.05, 0.1) is 11.6 Å². The van der Waals surface area contributed by atoms with Gasteiger partial charge in [0.15, 0.2) is 0 Å². The predicted octanol–water partition coefficient (Wildman–Crippen LogP) is 2.59. The highest BCUT2D eigenvalue weighted by Gasteiger charge is 2.38. The third kappa shape index (κ3) is 2.80. The van der Waals surface area contributed by atoms with E-state index in [0.29, 0.717) is 12.2 Å². The largest absolute Gasteiger partial charge is 0.376 e. The third-order valence-electron chi connectivity index (χ3n) is 3.37. The minimum Gasteiger partial charge on any atom is -0.376 e. The van der Waals surface area contributed by atoms with Crippen LogP contribution >= 0.6 is 22.6 Å². The Bertz CT molecular complexity index is 435. The van der Waals surface area contributed by atoms with Crippen molar-refractivity contribution < 1.29 is 9.53 Å². The second kappa shape index (κ2) is 4.94. The highest BCUT2D eigenvalue weighted by molar-refractivity contribution is 14.1. The Morgan fingerprint density at radius 2 is 2.35 bits per heavy atom. The smallest absolute Gasteiger partial charge is 0.251 e. The Hall–Kier alpha value is -0.620. The van der Waals surface area contributed by atoms with E-state index in [4.69, 9.17) is 4.74 Å². The maximum Gasteiger partial charge on any atom is 0.251 e. The number of ether oxygens (including phenoxy) is 1. The molecule has 0 radical (unpaired) electrons. The van der Waals surface area contributed by atoms with Crippen molar-refractivity contribution in [1.29, 1.82) is 0 Å². The van der Waals surface area contributed by atoms with Gasteiger partial charge in [0.25, 0.3) is 5.91 Å². The van der Waals surface area contributed by atoms with Gasteiger partial charge in [0.2, 0.25) is 0 Å². The lowest BCUT2D eigenvalue weighted by Crippen LogP contribution is -2.50. The molecule has 1 N–H and O–H groups in total. The second-order valence-electron chi connectivity index (χ2n) is 4.64. The SMILES string of the molecule is CC1OCCC1(C)NC(=O)c1cccc(I)c1. The average Bonchev–Trinajstić information content (AvgIpc) is 2.59. The van der Waals surface area contributed by atoms with Crippen LogP contribution in [0.3, 0.4) is 0 Å². The third-order valence-corrected chi connectivity index (χ3v) is 4.04. The molecule has 3 nitrogen and oxygen atoms in total. The summed E-state index contributed by atoms with van der Waals surface area (Å²) in [4.78, 5) is 12.1. The van der Waals surface area contributed by atoms with Gasteiger partial charge >= 0.3 is 0 Å². The molecule has 2 atom stereocenters. The maximum absolute atomic E-state index is 12.1. The summed E-state index contributed by atoms with van der Waals surface area (Å²) < 4.78 is 6.58. The van der Waals surface area contributed by atoms with Crippen molar-refractivity contribution in [2.75, 3.05) is 6.61 Å². The number of amides is 1. The van der Waals surface area contributed by atoms with E-state index in [1.807, 2.05) is 38.1 Å². The van der Waals surface area contributed by atoms with Crippen molar-refractivity contribution in [2.24, 2.45) is 0 Å². The second-order valence-corrected chi connectivity index (χ2v) is 5.89. The average molecular weight is 345 g/mol. The first-order valence-corrected chi connectivity index (χ1v) is 6.79. The van der Waals surface area contributed by atoms with Gasteiger partial charge in [-0.05, 0) is 61.1 Å². The van der Waals surface area contributed by atoms with Crippen LogP contribution in [0, 0.1) is 3.57 Å². The van der Waals surface area contributed by atoms with Crippen LogP contribution in [0.1, 0.15) is 30.6 Å². The molecule has 0 bridgehead atoms. The zero-order valence-electron chi connectivity index (χ0n) is 10.00. The van der Waals surface area contributed by atoms with Gasteiger partial charge in [-0.1, -0.05) is 6.07 Å². The highest BCUT2D eigenvalue weighted by atomic mass is 127. The molecule has 1 aliphatic heterocycles. The van der Waals surface area contributed by atoms with Crippen molar-refractivity contribution in [3.8, 4) is 0 Å². The van der Waals surface area contributed by atoms with Crippen molar-refractivity contribution in [3.63, 3.8) is 0 Å². The minimum absolute atomic E-state index is 0.0247. The number of carbonyl (C=O) groups is 1. The van der Waals surface area contributed by atoms with Crippen LogP contribution in [0.2, 0.25) is 0 Å². The summed E-state index contributed by atoms with van der Waals surface area (Å²) in [6.07, 6.45) is 0.929. The molecule has 2 unspecified atom stereocenters. The molecule has 92 valence electrons. The first-order chi connectivity index (χ1) is 8.01. The van der Waals surface area contributed by atoms with E-state index in [1.165, 1.54) is 0 Å². The molecule has 0 aromatic heterocycles. The van der Waals surface area contributed by atoms with E-state index in [-0.39, 0.29) is 17.6 Å². The van der Waals surface area contributed by atoms with Crippen LogP contribution in [-0.4, -0.2) is 24.2 Å². The van der Waals surface area contributed by atoms with E-state index in [0.717, 1.165) is 9.99 Å². The van der Waals surface area contributed by atoms with Crippen molar-refractivity contribution >= 4 is 28.5 Å². The number of hydrogen-bond acceptors (Lipinski definition) is 2. The summed E-state index contributed by atoms with van der Waals surface area (Å²) in [5.74, 6) is -0.0247. The lowest BCUT2D eigenvalue weighted by molar-refractivity contribution is 0.0727. The summed E-state index contributed by atoms with van der Waals surface area (Å²) in [6, 6.07) is 7.59. The van der Waals surface area contributed by atoms with Crippen LogP contribution in [-0.2, 0) is 4.74 Å². The molecule has 1 aromatic rings. The molecule has 0 saturated carbocycles. The molecule has 1 amide bonds. The zero-order chi connectivity index (χ0) is 12.5. The molecule has 4 heteroatoms. The van der Waals surface area contributed by atoms with Crippen molar-refractivity contribution in [1.82, 2.24) is 5.32 Å². The van der Waals surface area contributed by atoms with Crippen molar-refractivity contribution in [3.05, 3.63) is 33.4 Å². The summed E-state index contributed by atoms with van der Waals surface area (Å²) in [5, 5.41) is 3.08. The van der Waals surface area contributed by atoms with E-state index in [2.05, 4.69) is 27.9 Å². The monoisotopic (exact) mass is 345 g/mol. The van der Waals surface area contributed by atoms with Crippen LogP contribution < -0.4 is 5.32 Å². The molecule has 0 aliphatic carbocycles. The lowest BCUT2D eigenvalue weighted by atomic mass is 9.94. The Morgan fingerprint density at radius 3 is 2.94 bits per heavy atom. The first kappa shape index (κ1) is 12.8. The maximum atomic E-state index is 12.1. The first-order valence-electron chi connectivity index (χ1n) is 5.71. The summed E-state index contributed by atoms with van der Waals surface area (Å²) >= 11 is 2.21. The molecular formula is C13H16INO2. The van der Waals surface area contributed by atoms with Crippen LogP contribution in [0.25, 0.3) is 0 Å². The Labute approximate surface area is 115 Å². The highest BCUT2D eigenvalue weighted by Crippen LogP contribution is 2.25. The molecule has 2 rings (SSSR count). The Morgan fingerprint density at radius 1 is 1.59 bits per heavy atom. The normalized spacial score (nSPS) is 28.1. The minimum atomic E-state index is -0.252. The van der Waals surface area contributed by atoms with E-state index >= 15 is 0 Å². The van der Waals surface area contributed by atoms with Gasteiger partial charge in [-0.2, -0.15) is 0 Å². The number of rotatable bonds is 2. The number of benzene rings is 1. The molecule has 1 saturated heterocycles. The van der Waals surface area contributed by atoms with Gasteiger partial charge < -0.3 is 10.1 Å². The van der Waals surface area contributed by atoms with E-state index < -0.39 is 0 Å². The van der Waals surface area contributed by atoms with Gasteiger partial charge in [-0.3, -0.25) is 4.79 Å². The fourth-order valence-electron chi connectivity index (χ4n) is 1.96. The topological polar surface area (TPSA) is 38.3 Å². The van der Waals surface area contributed by atoms with Gasteiger partial charge in [-0.25, -0.2) is 0 Å². The molecule has 17 heavy (non-hydrogen) atoms. The zero-order valence-corrected chi connectivity index (χ0v) is 12.2. The molecule has 1 aliphatic rings. The summed E-state index contributed by atoms with van der Waals surface area (Å²) in [7, 11) is 0. The van der Waals surface area contributed by atoms with E-state index in [1.54, 1.807) is 0 Å². The standard InChI is InChI=1S/C13H16INO2/c1-9-13(2,6-7-17-9)15-12(16)10-4-3-5-11(14)8-10/h3-5,8-9H,6-7H2,1-2H3,(H,15,16).